The molecule has 1 aromatic rings. The average molecular weight is 178 g/mol. The van der Waals surface area contributed by atoms with Gasteiger partial charge in [0.15, 0.2) is 0 Å². The van der Waals surface area contributed by atoms with Crippen LogP contribution in [0.4, 0.5) is 10.5 Å². The van der Waals surface area contributed by atoms with Gasteiger partial charge in [0.25, 0.3) is 0 Å². The van der Waals surface area contributed by atoms with E-state index in [1.54, 1.807) is 38.1 Å². The number of anilines is 1. The summed E-state index contributed by atoms with van der Waals surface area (Å²) in [7, 11) is 0. The molecule has 1 rings (SSSR count). The van der Waals surface area contributed by atoms with E-state index in [9.17, 15) is 4.79 Å². The first-order valence-corrected chi connectivity index (χ1v) is 4.12. The number of ether oxygens (including phenoxy) is 1. The fourth-order valence-corrected chi connectivity index (χ4v) is 0.832. The highest BCUT2D eigenvalue weighted by Gasteiger charge is 2.03. The lowest BCUT2D eigenvalue weighted by molar-refractivity contribution is 0.130. The largest absolute Gasteiger partial charge is 0.447 e. The third-order valence-corrected chi connectivity index (χ3v) is 1.31. The third kappa shape index (κ3) is 3.60. The molecule has 0 heterocycles. The highest BCUT2D eigenvalue weighted by Crippen LogP contribution is 2.05. The number of hydrogen-bond acceptors (Lipinski definition) is 2. The van der Waals surface area contributed by atoms with Crippen molar-refractivity contribution in [3.63, 3.8) is 0 Å². The van der Waals surface area contributed by atoms with E-state index >= 15 is 0 Å². The zero-order valence-electron chi connectivity index (χ0n) is 7.70. The number of nitrogens with one attached hydrogen (secondary N) is 1. The van der Waals surface area contributed by atoms with Crippen LogP contribution in [0.5, 0.6) is 0 Å². The maximum absolute atomic E-state index is 11.1. The fourth-order valence-electron chi connectivity index (χ4n) is 0.832. The summed E-state index contributed by atoms with van der Waals surface area (Å²) < 4.78 is 4.89. The van der Waals surface area contributed by atoms with Crippen molar-refractivity contribution in [3.05, 3.63) is 30.3 Å². The Morgan fingerprint density at radius 2 is 2.08 bits per heavy atom. The molecule has 0 aliphatic carbocycles. The van der Waals surface area contributed by atoms with Crippen LogP contribution in [0.2, 0.25) is 0 Å². The lowest BCUT2D eigenvalue weighted by atomic mass is 10.3. The fraction of sp³-hybridized carbons (Fsp3) is 0.300. The lowest BCUT2D eigenvalue weighted by Gasteiger charge is -2.08. The number of hydrogen-bond donors (Lipinski definition) is 1. The summed E-state index contributed by atoms with van der Waals surface area (Å²) in [6.45, 7) is 3.61. The zero-order valence-corrected chi connectivity index (χ0v) is 7.70. The molecule has 0 fully saturated rings. The summed E-state index contributed by atoms with van der Waals surface area (Å²) in [6.07, 6.45) is -0.531. The molecule has 3 heteroatoms. The minimum atomic E-state index is -0.429. The number of amides is 1. The monoisotopic (exact) mass is 178 g/mol. The Morgan fingerprint density at radius 1 is 1.46 bits per heavy atom. The van der Waals surface area contributed by atoms with Gasteiger partial charge in [-0.05, 0) is 32.0 Å². The molecule has 0 saturated heterocycles. The quantitative estimate of drug-likeness (QED) is 0.755. The van der Waals surface area contributed by atoms with E-state index in [4.69, 9.17) is 4.74 Å². The van der Waals surface area contributed by atoms with E-state index in [-0.39, 0.29) is 6.10 Å². The predicted molar refractivity (Wildman–Crippen MR) is 50.5 cm³/mol. The Morgan fingerprint density at radius 3 is 2.62 bits per heavy atom. The smallest absolute Gasteiger partial charge is 0.411 e. The summed E-state index contributed by atoms with van der Waals surface area (Å²) in [4.78, 5) is 11.1. The molecule has 0 saturated carbocycles. The number of carbonyl (C=O) groups is 1. The van der Waals surface area contributed by atoms with Gasteiger partial charge < -0.3 is 4.74 Å². The molecule has 1 radical (unpaired) electrons. The molecule has 1 aromatic carbocycles. The summed E-state index contributed by atoms with van der Waals surface area (Å²) in [5.41, 5.74) is 0.712. The second-order valence-electron chi connectivity index (χ2n) is 2.87. The van der Waals surface area contributed by atoms with Crippen molar-refractivity contribution in [1.29, 1.82) is 0 Å². The summed E-state index contributed by atoms with van der Waals surface area (Å²) in [5.74, 6) is 0. The van der Waals surface area contributed by atoms with E-state index in [1.807, 2.05) is 0 Å². The van der Waals surface area contributed by atoms with Crippen molar-refractivity contribution in [1.82, 2.24) is 0 Å². The number of benzene rings is 1. The van der Waals surface area contributed by atoms with Crippen LogP contribution in [0, 0.1) is 6.07 Å². The van der Waals surface area contributed by atoms with Crippen molar-refractivity contribution >= 4 is 11.8 Å². The lowest BCUT2D eigenvalue weighted by Crippen LogP contribution is -2.17. The van der Waals surface area contributed by atoms with Crippen LogP contribution >= 0.6 is 0 Å². The van der Waals surface area contributed by atoms with Gasteiger partial charge in [-0.3, -0.25) is 5.32 Å². The molecule has 1 amide bonds. The van der Waals surface area contributed by atoms with Gasteiger partial charge in [0.1, 0.15) is 0 Å². The first-order chi connectivity index (χ1) is 6.18. The van der Waals surface area contributed by atoms with E-state index < -0.39 is 6.09 Å². The molecule has 13 heavy (non-hydrogen) atoms. The topological polar surface area (TPSA) is 38.3 Å². The van der Waals surface area contributed by atoms with Gasteiger partial charge >= 0.3 is 6.09 Å². The van der Waals surface area contributed by atoms with Crippen molar-refractivity contribution in [2.75, 3.05) is 5.32 Å². The summed E-state index contributed by atoms with van der Waals surface area (Å²) in [6, 6.07) is 9.81. The van der Waals surface area contributed by atoms with Crippen LogP contribution in [0.3, 0.4) is 0 Å². The first kappa shape index (κ1) is 9.58. The molecule has 69 valence electrons. The Labute approximate surface area is 77.7 Å². The number of carbonyl (C=O) groups excluding carboxylic acids is 1. The molecule has 1 N–H and O–H groups in total. The SMILES string of the molecule is CC(C)OC(=O)Nc1cc[c]cc1. The highest BCUT2D eigenvalue weighted by atomic mass is 16.6. The van der Waals surface area contributed by atoms with Gasteiger partial charge in [-0.2, -0.15) is 0 Å². The second-order valence-corrected chi connectivity index (χ2v) is 2.87. The predicted octanol–water partition coefficient (Wildman–Crippen LogP) is 2.44. The van der Waals surface area contributed by atoms with Crippen LogP contribution in [-0.2, 0) is 4.74 Å². The Kier molecular flexibility index (Phi) is 3.31. The van der Waals surface area contributed by atoms with Crippen molar-refractivity contribution in [3.8, 4) is 0 Å². The van der Waals surface area contributed by atoms with Crippen molar-refractivity contribution < 1.29 is 9.53 Å². The zero-order chi connectivity index (χ0) is 9.68. The van der Waals surface area contributed by atoms with Gasteiger partial charge in [0.05, 0.1) is 6.10 Å². The Balaban J connectivity index is 2.46. The second kappa shape index (κ2) is 4.50. The average Bonchev–Trinajstić information content (AvgIpc) is 2.04. The molecule has 0 atom stereocenters. The van der Waals surface area contributed by atoms with Gasteiger partial charge in [0, 0.05) is 5.69 Å². The first-order valence-electron chi connectivity index (χ1n) is 4.12. The standard InChI is InChI=1S/C10H12NO2/c1-8(2)13-10(12)11-9-6-4-3-5-7-9/h4-8H,1-2H3,(H,11,12). The van der Waals surface area contributed by atoms with Crippen LogP contribution in [0.15, 0.2) is 24.3 Å². The van der Waals surface area contributed by atoms with E-state index in [1.165, 1.54) is 0 Å². The maximum atomic E-state index is 11.1. The highest BCUT2D eigenvalue weighted by molar-refractivity contribution is 5.84. The van der Waals surface area contributed by atoms with Crippen LogP contribution < -0.4 is 5.32 Å². The van der Waals surface area contributed by atoms with Crippen LogP contribution in [-0.4, -0.2) is 12.2 Å². The molecular weight excluding hydrogens is 166 g/mol. The summed E-state index contributed by atoms with van der Waals surface area (Å²) in [5, 5.41) is 2.59. The Bertz CT molecular complexity index is 270. The molecule has 0 spiro atoms. The van der Waals surface area contributed by atoms with Crippen LogP contribution in [0.25, 0.3) is 0 Å². The van der Waals surface area contributed by atoms with Gasteiger partial charge in [-0.25, -0.2) is 4.79 Å². The maximum Gasteiger partial charge on any atom is 0.411 e. The molecule has 0 aliphatic rings. The van der Waals surface area contributed by atoms with Gasteiger partial charge in [-0.15, -0.1) is 0 Å². The van der Waals surface area contributed by atoms with Gasteiger partial charge in [-0.1, -0.05) is 12.1 Å². The number of rotatable bonds is 2. The van der Waals surface area contributed by atoms with E-state index in [0.717, 1.165) is 0 Å². The summed E-state index contributed by atoms with van der Waals surface area (Å²) >= 11 is 0. The Hall–Kier alpha value is -1.51. The van der Waals surface area contributed by atoms with Gasteiger partial charge in [0.2, 0.25) is 0 Å². The van der Waals surface area contributed by atoms with Crippen molar-refractivity contribution in [2.45, 2.75) is 20.0 Å². The third-order valence-electron chi connectivity index (χ3n) is 1.31. The molecule has 0 unspecified atom stereocenters. The van der Waals surface area contributed by atoms with Crippen LogP contribution in [0.1, 0.15) is 13.8 Å². The minimum absolute atomic E-state index is 0.102. The molecule has 3 nitrogen and oxygen atoms in total. The van der Waals surface area contributed by atoms with E-state index in [0.29, 0.717) is 5.69 Å². The normalized spacial score (nSPS) is 9.77. The minimum Gasteiger partial charge on any atom is -0.447 e. The van der Waals surface area contributed by atoms with E-state index in [2.05, 4.69) is 11.4 Å². The van der Waals surface area contributed by atoms with Crippen molar-refractivity contribution in [2.24, 2.45) is 0 Å². The molecule has 0 bridgehead atoms. The molecular formula is C10H12NO2. The molecule has 0 aromatic heterocycles. The molecule has 0 aliphatic heterocycles.